The molecule has 7 nitrogen and oxygen atoms in total. The largest absolute Gasteiger partial charge is 0.381 e. The van der Waals surface area contributed by atoms with Gasteiger partial charge in [-0.25, -0.2) is 17.8 Å². The highest BCUT2D eigenvalue weighted by Gasteiger charge is 2.24. The summed E-state index contributed by atoms with van der Waals surface area (Å²) in [6, 6.07) is 5.42. The summed E-state index contributed by atoms with van der Waals surface area (Å²) in [7, 11) is -4.10. The molecular weight excluding hydrogens is 499 g/mol. The second-order valence-electron chi connectivity index (χ2n) is 8.38. The first-order valence-electron chi connectivity index (χ1n) is 10.9. The monoisotopic (exact) mass is 524 g/mol. The Morgan fingerprint density at radius 1 is 1.24 bits per heavy atom. The highest BCUT2D eigenvalue weighted by atomic mass is 35.5. The molecule has 4 rings (SSSR count). The highest BCUT2D eigenvalue weighted by Crippen LogP contribution is 2.36. The number of anilines is 2. The van der Waals surface area contributed by atoms with E-state index in [0.717, 1.165) is 48.0 Å². The number of rotatable bonds is 7. The third kappa shape index (κ3) is 5.35. The van der Waals surface area contributed by atoms with Crippen LogP contribution in [-0.4, -0.2) is 37.6 Å². The summed E-state index contributed by atoms with van der Waals surface area (Å²) in [5.74, 6) is -0.332. The fraction of sp³-hybridized carbons (Fsp3) is 0.391. The summed E-state index contributed by atoms with van der Waals surface area (Å²) in [4.78, 5) is 9.19. The van der Waals surface area contributed by atoms with Crippen LogP contribution >= 0.6 is 22.9 Å². The Kier molecular flexibility index (Phi) is 7.42. The van der Waals surface area contributed by atoms with Crippen LogP contribution in [0.4, 0.5) is 15.2 Å². The first-order valence-corrected chi connectivity index (χ1v) is 13.6. The van der Waals surface area contributed by atoms with Gasteiger partial charge in [0.2, 0.25) is 0 Å². The molecule has 3 aromatic rings. The molecule has 0 radical (unpaired) electrons. The zero-order valence-electron chi connectivity index (χ0n) is 19.1. The molecule has 1 atom stereocenters. The molecule has 34 heavy (non-hydrogen) atoms. The number of thiazole rings is 1. The molecule has 0 bridgehead atoms. The van der Waals surface area contributed by atoms with Gasteiger partial charge in [-0.2, -0.15) is 0 Å². The van der Waals surface area contributed by atoms with Crippen LogP contribution < -0.4 is 10.0 Å². The van der Waals surface area contributed by atoms with E-state index in [-0.39, 0.29) is 21.6 Å². The van der Waals surface area contributed by atoms with Gasteiger partial charge in [0.05, 0.1) is 26.7 Å². The van der Waals surface area contributed by atoms with Crippen molar-refractivity contribution in [2.24, 2.45) is 5.92 Å². The average Bonchev–Trinajstić information content (AvgIpc) is 3.17. The van der Waals surface area contributed by atoms with Crippen LogP contribution in [0.25, 0.3) is 10.4 Å². The Morgan fingerprint density at radius 3 is 2.68 bits per heavy atom. The number of pyridine rings is 1. The molecule has 1 aromatic carbocycles. The molecule has 1 unspecified atom stereocenters. The minimum Gasteiger partial charge on any atom is -0.381 e. The van der Waals surface area contributed by atoms with Crippen LogP contribution in [0.15, 0.2) is 35.5 Å². The molecule has 1 aliphatic heterocycles. The molecule has 0 saturated carbocycles. The Hall–Kier alpha value is -2.27. The molecule has 1 aliphatic rings. The van der Waals surface area contributed by atoms with E-state index in [0.29, 0.717) is 17.0 Å². The van der Waals surface area contributed by atoms with Crippen LogP contribution in [0.3, 0.4) is 0 Å². The third-order valence-corrected chi connectivity index (χ3v) is 8.87. The lowest BCUT2D eigenvalue weighted by Gasteiger charge is -2.28. The van der Waals surface area contributed by atoms with E-state index in [2.05, 4.69) is 26.9 Å². The summed E-state index contributed by atoms with van der Waals surface area (Å²) in [5, 5.41) is 4.17. The molecule has 0 spiro atoms. The van der Waals surface area contributed by atoms with Crippen molar-refractivity contribution in [1.82, 2.24) is 9.97 Å². The van der Waals surface area contributed by atoms with Crippen LogP contribution in [0, 0.1) is 25.6 Å². The van der Waals surface area contributed by atoms with Crippen molar-refractivity contribution < 1.29 is 17.5 Å². The number of benzene rings is 1. The summed E-state index contributed by atoms with van der Waals surface area (Å²) < 4.78 is 48.1. The number of sulfonamides is 1. The lowest BCUT2D eigenvalue weighted by molar-refractivity contribution is 0.0622. The number of nitrogens with one attached hydrogen (secondary N) is 2. The van der Waals surface area contributed by atoms with Crippen LogP contribution in [0.1, 0.15) is 31.0 Å². The van der Waals surface area contributed by atoms with Gasteiger partial charge in [0, 0.05) is 25.5 Å². The number of hydrogen-bond donors (Lipinski definition) is 2. The molecular formula is C23H26ClFN4O3S2. The van der Waals surface area contributed by atoms with Crippen LogP contribution in [-0.2, 0) is 14.8 Å². The van der Waals surface area contributed by atoms with Gasteiger partial charge in [0.15, 0.2) is 10.9 Å². The minimum atomic E-state index is -4.10. The maximum atomic E-state index is 14.1. The summed E-state index contributed by atoms with van der Waals surface area (Å²) >= 11 is 7.44. The van der Waals surface area contributed by atoms with Gasteiger partial charge in [-0.3, -0.25) is 9.71 Å². The highest BCUT2D eigenvalue weighted by molar-refractivity contribution is 7.92. The van der Waals surface area contributed by atoms with E-state index in [1.165, 1.54) is 17.5 Å². The first-order chi connectivity index (χ1) is 16.2. The van der Waals surface area contributed by atoms with Gasteiger partial charge in [-0.15, -0.1) is 0 Å². The number of aryl methyl sites for hydroxylation is 2. The smallest absolute Gasteiger partial charge is 0.262 e. The van der Waals surface area contributed by atoms with Gasteiger partial charge in [-0.05, 0) is 56.7 Å². The third-order valence-electron chi connectivity index (χ3n) is 5.95. The number of halogens is 2. The second-order valence-corrected chi connectivity index (χ2v) is 11.4. The number of ether oxygens (including phenoxy) is 1. The number of nitrogens with zero attached hydrogens (tertiary/aromatic N) is 2. The predicted molar refractivity (Wildman–Crippen MR) is 134 cm³/mol. The fourth-order valence-electron chi connectivity index (χ4n) is 3.98. The Balaban J connectivity index is 1.61. The van der Waals surface area contributed by atoms with Crippen LogP contribution in [0.2, 0.25) is 5.02 Å². The molecule has 1 saturated heterocycles. The predicted octanol–water partition coefficient (Wildman–Crippen LogP) is 5.64. The SMILES string of the molecule is Cc1ccc(-c2sc(NC(C)C3CCOCC3)nc2C)cc1S(=O)(=O)Nc1c(F)cncc1Cl. The molecule has 2 aromatic heterocycles. The van der Waals surface area contributed by atoms with Crippen molar-refractivity contribution in [1.29, 1.82) is 0 Å². The fourth-order valence-corrected chi connectivity index (χ4v) is 6.65. The lowest BCUT2D eigenvalue weighted by Crippen LogP contribution is -2.30. The second kappa shape index (κ2) is 10.2. The zero-order valence-corrected chi connectivity index (χ0v) is 21.5. The van der Waals surface area contributed by atoms with E-state index < -0.39 is 15.8 Å². The van der Waals surface area contributed by atoms with Gasteiger partial charge >= 0.3 is 0 Å². The van der Waals surface area contributed by atoms with E-state index in [1.54, 1.807) is 19.1 Å². The maximum Gasteiger partial charge on any atom is 0.262 e. The summed E-state index contributed by atoms with van der Waals surface area (Å²) in [6.45, 7) is 7.29. The number of aromatic nitrogens is 2. The lowest BCUT2D eigenvalue weighted by atomic mass is 9.93. The zero-order chi connectivity index (χ0) is 24.5. The van der Waals surface area contributed by atoms with Crippen molar-refractivity contribution in [3.63, 3.8) is 0 Å². The van der Waals surface area contributed by atoms with Crippen molar-refractivity contribution in [2.45, 2.75) is 44.6 Å². The van der Waals surface area contributed by atoms with E-state index in [9.17, 15) is 12.8 Å². The Bertz CT molecular complexity index is 1270. The van der Waals surface area contributed by atoms with Crippen molar-refractivity contribution >= 4 is 43.8 Å². The Labute approximate surface area is 207 Å². The van der Waals surface area contributed by atoms with E-state index >= 15 is 0 Å². The van der Waals surface area contributed by atoms with Gasteiger partial charge in [0.25, 0.3) is 10.0 Å². The van der Waals surface area contributed by atoms with Gasteiger partial charge in [0.1, 0.15) is 5.69 Å². The number of hydrogen-bond acceptors (Lipinski definition) is 7. The van der Waals surface area contributed by atoms with Crippen molar-refractivity contribution in [2.75, 3.05) is 23.3 Å². The maximum absolute atomic E-state index is 14.1. The molecule has 0 amide bonds. The standard InChI is InChI=1S/C23H26ClFN4O3S2/c1-13-4-5-17(10-20(13)34(30,31)29-21-18(24)11-26-12-19(21)25)22-15(3)28-23(33-22)27-14(2)16-6-8-32-9-7-16/h4-5,10-12,14,16H,6-9H2,1-3H3,(H,26,29)(H,27,28). The van der Waals surface area contributed by atoms with E-state index in [1.807, 2.05) is 13.0 Å². The average molecular weight is 525 g/mol. The minimum absolute atomic E-state index is 0.0372. The molecule has 2 N–H and O–H groups in total. The van der Waals surface area contributed by atoms with Crippen LogP contribution in [0.5, 0.6) is 0 Å². The van der Waals surface area contributed by atoms with Crippen molar-refractivity contribution in [3.8, 4) is 10.4 Å². The molecule has 182 valence electrons. The molecule has 0 aliphatic carbocycles. The molecule has 1 fully saturated rings. The summed E-state index contributed by atoms with van der Waals surface area (Å²) in [5.41, 5.74) is 1.71. The van der Waals surface area contributed by atoms with E-state index in [4.69, 9.17) is 16.3 Å². The molecule has 3 heterocycles. The van der Waals surface area contributed by atoms with Gasteiger partial charge < -0.3 is 10.1 Å². The summed E-state index contributed by atoms with van der Waals surface area (Å²) in [6.07, 6.45) is 4.12. The quantitative estimate of drug-likeness (QED) is 0.415. The topological polar surface area (TPSA) is 93.2 Å². The molecule has 11 heteroatoms. The van der Waals surface area contributed by atoms with Gasteiger partial charge in [-0.1, -0.05) is 35.1 Å². The first kappa shape index (κ1) is 24.8. The Morgan fingerprint density at radius 2 is 1.97 bits per heavy atom. The normalized spacial score (nSPS) is 15.8. The van der Waals surface area contributed by atoms with Crippen molar-refractivity contribution in [3.05, 3.63) is 52.7 Å².